The third kappa shape index (κ3) is 2.90. The topological polar surface area (TPSA) is 55.7 Å². The SMILES string of the molecule is CCOc1ccc2c(c1)c(Cc1ccccc1)c1c(=O)[nH]c3cc(OC)ccc3n12. The first kappa shape index (κ1) is 18.3. The van der Waals surface area contributed by atoms with Crippen LogP contribution in [0.5, 0.6) is 11.5 Å². The molecule has 150 valence electrons. The molecule has 0 saturated carbocycles. The summed E-state index contributed by atoms with van der Waals surface area (Å²) in [4.78, 5) is 16.3. The summed E-state index contributed by atoms with van der Waals surface area (Å²) in [6.07, 6.45) is 0.661. The highest BCUT2D eigenvalue weighted by atomic mass is 16.5. The van der Waals surface area contributed by atoms with E-state index < -0.39 is 0 Å². The Morgan fingerprint density at radius 2 is 1.70 bits per heavy atom. The average Bonchev–Trinajstić information content (AvgIpc) is 3.09. The zero-order chi connectivity index (χ0) is 20.7. The molecule has 0 fully saturated rings. The van der Waals surface area contributed by atoms with Crippen LogP contribution in [0.4, 0.5) is 0 Å². The molecule has 0 saturated heterocycles. The fourth-order valence-electron chi connectivity index (χ4n) is 4.18. The molecule has 0 spiro atoms. The summed E-state index contributed by atoms with van der Waals surface area (Å²) in [6.45, 7) is 2.56. The lowest BCUT2D eigenvalue weighted by Crippen LogP contribution is -2.11. The van der Waals surface area contributed by atoms with Crippen molar-refractivity contribution in [1.29, 1.82) is 0 Å². The van der Waals surface area contributed by atoms with E-state index in [0.29, 0.717) is 24.3 Å². The number of nitrogens with one attached hydrogen (secondary N) is 1. The first-order valence-corrected chi connectivity index (χ1v) is 10.0. The lowest BCUT2D eigenvalue weighted by Gasteiger charge is -2.07. The molecule has 0 unspecified atom stereocenters. The minimum atomic E-state index is -0.115. The van der Waals surface area contributed by atoms with E-state index in [1.54, 1.807) is 7.11 Å². The van der Waals surface area contributed by atoms with Gasteiger partial charge in [-0.15, -0.1) is 0 Å². The highest BCUT2D eigenvalue weighted by Gasteiger charge is 2.18. The van der Waals surface area contributed by atoms with Crippen LogP contribution in [0.25, 0.3) is 27.5 Å². The van der Waals surface area contributed by atoms with Crippen molar-refractivity contribution in [2.45, 2.75) is 13.3 Å². The Morgan fingerprint density at radius 3 is 2.47 bits per heavy atom. The van der Waals surface area contributed by atoms with Crippen LogP contribution < -0.4 is 15.0 Å². The molecule has 0 aliphatic carbocycles. The summed E-state index contributed by atoms with van der Waals surface area (Å²) in [5.41, 5.74) is 5.36. The van der Waals surface area contributed by atoms with Crippen LogP contribution in [0.15, 0.2) is 71.5 Å². The molecule has 5 heteroatoms. The number of aromatic nitrogens is 2. The van der Waals surface area contributed by atoms with Gasteiger partial charge < -0.3 is 18.9 Å². The van der Waals surface area contributed by atoms with Gasteiger partial charge in [0.05, 0.1) is 30.3 Å². The van der Waals surface area contributed by atoms with Gasteiger partial charge in [0.25, 0.3) is 5.56 Å². The molecule has 30 heavy (non-hydrogen) atoms. The second-order valence-electron chi connectivity index (χ2n) is 7.27. The molecular formula is C25H22N2O3. The molecule has 0 radical (unpaired) electrons. The first-order chi connectivity index (χ1) is 14.7. The normalized spacial score (nSPS) is 11.4. The maximum Gasteiger partial charge on any atom is 0.273 e. The quantitative estimate of drug-likeness (QED) is 0.457. The summed E-state index contributed by atoms with van der Waals surface area (Å²) >= 11 is 0. The molecule has 5 aromatic rings. The second kappa shape index (κ2) is 7.26. The van der Waals surface area contributed by atoms with E-state index in [2.05, 4.69) is 21.5 Å². The molecule has 2 aromatic heterocycles. The predicted octanol–water partition coefficient (Wildman–Crippen LogP) is 4.93. The summed E-state index contributed by atoms with van der Waals surface area (Å²) in [5, 5.41) is 1.03. The number of H-pyrrole nitrogens is 1. The number of benzene rings is 3. The van der Waals surface area contributed by atoms with Gasteiger partial charge in [0.2, 0.25) is 0 Å². The molecule has 5 nitrogen and oxygen atoms in total. The Bertz CT molecular complexity index is 1430. The molecule has 0 amide bonds. The van der Waals surface area contributed by atoms with Crippen molar-refractivity contribution >= 4 is 27.5 Å². The number of rotatable bonds is 5. The van der Waals surface area contributed by atoms with Crippen LogP contribution in [0.1, 0.15) is 18.1 Å². The predicted molar refractivity (Wildman–Crippen MR) is 120 cm³/mol. The number of ether oxygens (including phenoxy) is 2. The van der Waals surface area contributed by atoms with Gasteiger partial charge in [-0.05, 0) is 48.4 Å². The Hall–Kier alpha value is -3.73. The summed E-state index contributed by atoms with van der Waals surface area (Å²) < 4.78 is 13.1. The van der Waals surface area contributed by atoms with Crippen LogP contribution >= 0.6 is 0 Å². The monoisotopic (exact) mass is 398 g/mol. The highest BCUT2D eigenvalue weighted by molar-refractivity contribution is 5.97. The molecule has 0 aliphatic heterocycles. The number of hydrogen-bond acceptors (Lipinski definition) is 3. The largest absolute Gasteiger partial charge is 0.497 e. The maximum absolute atomic E-state index is 13.2. The molecule has 0 atom stereocenters. The van der Waals surface area contributed by atoms with Crippen LogP contribution in [0, 0.1) is 0 Å². The Kier molecular flexibility index (Phi) is 4.43. The van der Waals surface area contributed by atoms with Gasteiger partial charge >= 0.3 is 0 Å². The van der Waals surface area contributed by atoms with E-state index in [1.807, 2.05) is 61.5 Å². The van der Waals surface area contributed by atoms with Gasteiger partial charge in [-0.25, -0.2) is 0 Å². The fourth-order valence-corrected chi connectivity index (χ4v) is 4.18. The molecule has 1 N–H and O–H groups in total. The number of methoxy groups -OCH3 is 1. The third-order valence-corrected chi connectivity index (χ3v) is 5.49. The van der Waals surface area contributed by atoms with E-state index in [-0.39, 0.29) is 5.56 Å². The smallest absolute Gasteiger partial charge is 0.273 e. The summed E-state index contributed by atoms with van der Waals surface area (Å²) in [7, 11) is 1.62. The number of fused-ring (bicyclic) bond motifs is 5. The van der Waals surface area contributed by atoms with Gasteiger partial charge in [0.15, 0.2) is 0 Å². The van der Waals surface area contributed by atoms with Crippen LogP contribution in [-0.2, 0) is 6.42 Å². The van der Waals surface area contributed by atoms with Gasteiger partial charge in [-0.3, -0.25) is 4.79 Å². The van der Waals surface area contributed by atoms with Crippen LogP contribution in [0.3, 0.4) is 0 Å². The molecule has 2 heterocycles. The van der Waals surface area contributed by atoms with Crippen molar-refractivity contribution in [2.75, 3.05) is 13.7 Å². The van der Waals surface area contributed by atoms with E-state index in [9.17, 15) is 4.79 Å². The van der Waals surface area contributed by atoms with Gasteiger partial charge in [-0.1, -0.05) is 30.3 Å². The molecular weight excluding hydrogens is 376 g/mol. The molecule has 5 rings (SSSR count). The zero-order valence-electron chi connectivity index (χ0n) is 16.9. The molecule has 0 aliphatic rings. The Labute approximate surface area is 173 Å². The van der Waals surface area contributed by atoms with E-state index >= 15 is 0 Å². The lowest BCUT2D eigenvalue weighted by molar-refractivity contribution is 0.340. The number of nitrogens with zero attached hydrogens (tertiary/aromatic N) is 1. The van der Waals surface area contributed by atoms with Crippen molar-refractivity contribution < 1.29 is 9.47 Å². The zero-order valence-corrected chi connectivity index (χ0v) is 16.9. The van der Waals surface area contributed by atoms with Crippen molar-refractivity contribution in [3.63, 3.8) is 0 Å². The summed E-state index contributed by atoms with van der Waals surface area (Å²) in [6, 6.07) is 22.0. The lowest BCUT2D eigenvalue weighted by atomic mass is 10.0. The third-order valence-electron chi connectivity index (χ3n) is 5.49. The van der Waals surface area contributed by atoms with Gasteiger partial charge in [0.1, 0.15) is 17.0 Å². The Balaban J connectivity index is 1.89. The first-order valence-electron chi connectivity index (χ1n) is 10.0. The van der Waals surface area contributed by atoms with E-state index in [1.165, 1.54) is 0 Å². The van der Waals surface area contributed by atoms with E-state index in [4.69, 9.17) is 9.47 Å². The minimum Gasteiger partial charge on any atom is -0.497 e. The van der Waals surface area contributed by atoms with Crippen molar-refractivity contribution in [1.82, 2.24) is 9.38 Å². The summed E-state index contributed by atoms with van der Waals surface area (Å²) in [5.74, 6) is 1.51. The van der Waals surface area contributed by atoms with Crippen LogP contribution in [0.2, 0.25) is 0 Å². The van der Waals surface area contributed by atoms with E-state index in [0.717, 1.165) is 38.8 Å². The van der Waals surface area contributed by atoms with Gasteiger partial charge in [-0.2, -0.15) is 0 Å². The minimum absolute atomic E-state index is 0.115. The molecule has 0 bridgehead atoms. The average molecular weight is 398 g/mol. The van der Waals surface area contributed by atoms with Crippen molar-refractivity contribution in [2.24, 2.45) is 0 Å². The Morgan fingerprint density at radius 1 is 0.933 bits per heavy atom. The second-order valence-corrected chi connectivity index (χ2v) is 7.27. The van der Waals surface area contributed by atoms with Crippen molar-refractivity contribution in [3.8, 4) is 11.5 Å². The van der Waals surface area contributed by atoms with Gasteiger partial charge in [0, 0.05) is 17.9 Å². The number of aromatic amines is 1. The fraction of sp³-hybridized carbons (Fsp3) is 0.160. The van der Waals surface area contributed by atoms with Crippen LogP contribution in [-0.4, -0.2) is 23.1 Å². The maximum atomic E-state index is 13.2. The molecule has 3 aromatic carbocycles. The number of hydrogen-bond donors (Lipinski definition) is 1. The standard InChI is InChI=1S/C25H22N2O3/c1-3-30-18-10-11-22-19(14-18)20(13-16-7-5-4-6-8-16)24-25(28)26-21-15-17(29-2)9-12-23(21)27(22)24/h4-12,14-15H,3,13H2,1-2H3,(H,26,28). The van der Waals surface area contributed by atoms with Crippen molar-refractivity contribution in [3.05, 3.63) is 88.2 Å². The highest BCUT2D eigenvalue weighted by Crippen LogP contribution is 2.33.